The Balaban J connectivity index is 1.91. The molecule has 0 bridgehead atoms. The van der Waals surface area contributed by atoms with E-state index in [2.05, 4.69) is 23.8 Å². The summed E-state index contributed by atoms with van der Waals surface area (Å²) >= 11 is 0. The average Bonchev–Trinajstić information content (AvgIpc) is 2.02. The van der Waals surface area contributed by atoms with Crippen LogP contribution in [0.5, 0.6) is 0 Å². The lowest BCUT2D eigenvalue weighted by molar-refractivity contribution is -0.176. The van der Waals surface area contributed by atoms with Crippen molar-refractivity contribution in [3.05, 3.63) is 0 Å². The molecule has 2 heterocycles. The lowest BCUT2D eigenvalue weighted by Gasteiger charge is -2.52. The molecule has 0 saturated carbocycles. The Morgan fingerprint density at radius 3 is 2.67 bits per heavy atom. The van der Waals surface area contributed by atoms with Crippen LogP contribution in [0.2, 0.25) is 0 Å². The molecule has 12 heavy (non-hydrogen) atoms. The molecule has 0 aromatic heterocycles. The number of hydrogen-bond acceptors (Lipinski definition) is 3. The molecule has 3 heteroatoms. The largest absolute Gasteiger partial charge is 0.370 e. The van der Waals surface area contributed by atoms with E-state index in [0.29, 0.717) is 0 Å². The predicted molar refractivity (Wildman–Crippen MR) is 48.3 cm³/mol. The first-order valence-corrected chi connectivity index (χ1v) is 4.79. The normalized spacial score (nSPS) is 30.5. The maximum absolute atomic E-state index is 5.82. The van der Waals surface area contributed by atoms with E-state index in [-0.39, 0.29) is 5.60 Å². The van der Waals surface area contributed by atoms with Crippen molar-refractivity contribution in [2.75, 3.05) is 46.4 Å². The van der Waals surface area contributed by atoms with E-state index in [1.165, 1.54) is 0 Å². The van der Waals surface area contributed by atoms with Gasteiger partial charge in [-0.1, -0.05) is 6.92 Å². The van der Waals surface area contributed by atoms with Crippen molar-refractivity contribution < 1.29 is 4.74 Å². The van der Waals surface area contributed by atoms with Crippen LogP contribution in [0, 0.1) is 0 Å². The van der Waals surface area contributed by atoms with Gasteiger partial charge in [-0.2, -0.15) is 0 Å². The van der Waals surface area contributed by atoms with Crippen LogP contribution >= 0.6 is 0 Å². The molecular formula is C9H18N2O. The second-order valence-electron chi connectivity index (χ2n) is 4.07. The first-order valence-electron chi connectivity index (χ1n) is 4.79. The number of morpholine rings is 1. The van der Waals surface area contributed by atoms with E-state index in [0.717, 1.165) is 39.3 Å². The highest BCUT2D eigenvalue weighted by Gasteiger charge is 2.45. The highest BCUT2D eigenvalue weighted by Crippen LogP contribution is 2.27. The average molecular weight is 170 g/mol. The van der Waals surface area contributed by atoms with Crippen LogP contribution < -0.4 is 0 Å². The van der Waals surface area contributed by atoms with Gasteiger partial charge in [-0.3, -0.25) is 4.90 Å². The Bertz CT molecular complexity index is 160. The number of likely N-dealkylation sites (N-methyl/N-ethyl adjacent to an activating group) is 2. The minimum Gasteiger partial charge on any atom is -0.370 e. The van der Waals surface area contributed by atoms with Crippen LogP contribution in [0.3, 0.4) is 0 Å². The van der Waals surface area contributed by atoms with E-state index in [1.54, 1.807) is 0 Å². The molecule has 0 atom stereocenters. The Morgan fingerprint density at radius 1 is 1.33 bits per heavy atom. The van der Waals surface area contributed by atoms with Gasteiger partial charge in [0.15, 0.2) is 0 Å². The number of hydrogen-bond donors (Lipinski definition) is 0. The summed E-state index contributed by atoms with van der Waals surface area (Å²) in [5, 5.41) is 0. The molecule has 0 aromatic rings. The molecule has 0 N–H and O–H groups in total. The van der Waals surface area contributed by atoms with Crippen LogP contribution in [-0.2, 0) is 4.74 Å². The third-order valence-electron chi connectivity index (χ3n) is 2.89. The van der Waals surface area contributed by atoms with Crippen molar-refractivity contribution in [2.24, 2.45) is 0 Å². The van der Waals surface area contributed by atoms with E-state index in [1.807, 2.05) is 0 Å². The molecule has 2 fully saturated rings. The molecular weight excluding hydrogens is 152 g/mol. The smallest absolute Gasteiger partial charge is 0.106 e. The van der Waals surface area contributed by atoms with E-state index < -0.39 is 0 Å². The monoisotopic (exact) mass is 170 g/mol. The topological polar surface area (TPSA) is 15.7 Å². The molecule has 0 unspecified atom stereocenters. The van der Waals surface area contributed by atoms with Crippen LogP contribution in [0.25, 0.3) is 0 Å². The Labute approximate surface area is 74.3 Å². The van der Waals surface area contributed by atoms with Crippen molar-refractivity contribution in [3.63, 3.8) is 0 Å². The minimum absolute atomic E-state index is 0.197. The van der Waals surface area contributed by atoms with Gasteiger partial charge in [0.05, 0.1) is 6.61 Å². The Hall–Kier alpha value is -0.120. The fourth-order valence-electron chi connectivity index (χ4n) is 2.32. The lowest BCUT2D eigenvalue weighted by Crippen LogP contribution is -2.68. The molecule has 2 aliphatic heterocycles. The highest BCUT2D eigenvalue weighted by atomic mass is 16.5. The van der Waals surface area contributed by atoms with Crippen LogP contribution in [0.1, 0.15) is 6.92 Å². The molecule has 1 spiro atoms. The SMILES string of the molecule is CCN1CCOC2(CN(C)C2)C1. The maximum atomic E-state index is 5.82. The molecule has 2 saturated heterocycles. The molecule has 3 nitrogen and oxygen atoms in total. The summed E-state index contributed by atoms with van der Waals surface area (Å²) in [6.45, 7) is 8.78. The summed E-state index contributed by atoms with van der Waals surface area (Å²) in [5.41, 5.74) is 0.197. The summed E-state index contributed by atoms with van der Waals surface area (Å²) in [6.07, 6.45) is 0. The van der Waals surface area contributed by atoms with Crippen molar-refractivity contribution in [2.45, 2.75) is 12.5 Å². The molecule has 0 radical (unpaired) electrons. The van der Waals surface area contributed by atoms with Gasteiger partial charge < -0.3 is 9.64 Å². The Kier molecular flexibility index (Phi) is 2.10. The standard InChI is InChI=1S/C9H18N2O/c1-3-11-4-5-12-9(8-11)6-10(2)7-9/h3-8H2,1-2H3. The molecule has 2 aliphatic rings. The van der Waals surface area contributed by atoms with Gasteiger partial charge in [-0.25, -0.2) is 0 Å². The zero-order chi connectivity index (χ0) is 8.60. The second kappa shape index (κ2) is 2.98. The third kappa shape index (κ3) is 1.37. The molecule has 0 aliphatic carbocycles. The number of nitrogens with zero attached hydrogens (tertiary/aromatic N) is 2. The summed E-state index contributed by atoms with van der Waals surface area (Å²) in [5.74, 6) is 0. The fourth-order valence-corrected chi connectivity index (χ4v) is 2.32. The summed E-state index contributed by atoms with van der Waals surface area (Å²) < 4.78 is 5.82. The van der Waals surface area contributed by atoms with E-state index >= 15 is 0 Å². The summed E-state index contributed by atoms with van der Waals surface area (Å²) in [6, 6.07) is 0. The van der Waals surface area contributed by atoms with Gasteiger partial charge in [-0.15, -0.1) is 0 Å². The van der Waals surface area contributed by atoms with Gasteiger partial charge in [0.1, 0.15) is 5.60 Å². The second-order valence-corrected chi connectivity index (χ2v) is 4.07. The zero-order valence-electron chi connectivity index (χ0n) is 8.05. The highest BCUT2D eigenvalue weighted by molar-refractivity contribution is 4.99. The van der Waals surface area contributed by atoms with E-state index in [4.69, 9.17) is 4.74 Å². The van der Waals surface area contributed by atoms with Gasteiger partial charge in [-0.05, 0) is 13.6 Å². The van der Waals surface area contributed by atoms with E-state index in [9.17, 15) is 0 Å². The zero-order valence-corrected chi connectivity index (χ0v) is 8.05. The third-order valence-corrected chi connectivity index (χ3v) is 2.89. The molecule has 0 aromatic carbocycles. The first-order chi connectivity index (χ1) is 5.74. The number of likely N-dealkylation sites (tertiary alicyclic amines) is 1. The van der Waals surface area contributed by atoms with Crippen molar-refractivity contribution in [1.29, 1.82) is 0 Å². The predicted octanol–water partition coefficient (Wildman–Crippen LogP) is 0.0227. The van der Waals surface area contributed by atoms with Crippen molar-refractivity contribution >= 4 is 0 Å². The van der Waals surface area contributed by atoms with Gasteiger partial charge in [0.25, 0.3) is 0 Å². The van der Waals surface area contributed by atoms with Crippen LogP contribution in [-0.4, -0.2) is 61.8 Å². The quantitative estimate of drug-likeness (QED) is 0.552. The first kappa shape index (κ1) is 8.48. The van der Waals surface area contributed by atoms with Gasteiger partial charge in [0, 0.05) is 26.2 Å². The van der Waals surface area contributed by atoms with Crippen molar-refractivity contribution in [3.8, 4) is 0 Å². The van der Waals surface area contributed by atoms with Crippen molar-refractivity contribution in [1.82, 2.24) is 9.80 Å². The number of rotatable bonds is 1. The molecule has 70 valence electrons. The fraction of sp³-hybridized carbons (Fsp3) is 1.00. The minimum atomic E-state index is 0.197. The number of ether oxygens (including phenoxy) is 1. The lowest BCUT2D eigenvalue weighted by atomic mass is 9.92. The summed E-state index contributed by atoms with van der Waals surface area (Å²) in [4.78, 5) is 4.80. The molecule has 2 rings (SSSR count). The van der Waals surface area contributed by atoms with Crippen LogP contribution in [0.15, 0.2) is 0 Å². The Morgan fingerprint density at radius 2 is 2.08 bits per heavy atom. The molecule has 0 amide bonds. The van der Waals surface area contributed by atoms with Crippen LogP contribution in [0.4, 0.5) is 0 Å². The maximum Gasteiger partial charge on any atom is 0.106 e. The summed E-state index contributed by atoms with van der Waals surface area (Å²) in [7, 11) is 2.15. The van der Waals surface area contributed by atoms with Gasteiger partial charge >= 0.3 is 0 Å². The van der Waals surface area contributed by atoms with Gasteiger partial charge in [0.2, 0.25) is 0 Å².